The number of rotatable bonds is 3. The molecule has 2 aliphatic rings. The summed E-state index contributed by atoms with van der Waals surface area (Å²) >= 11 is 0. The van der Waals surface area contributed by atoms with Crippen LogP contribution in [0.1, 0.15) is 73.4 Å². The lowest BCUT2D eigenvalue weighted by Crippen LogP contribution is -2.31. The summed E-state index contributed by atoms with van der Waals surface area (Å²) in [6.07, 6.45) is 7.01. The molecule has 1 aliphatic heterocycles. The molecular formula is C19H24FN5O. The van der Waals surface area contributed by atoms with Crippen molar-refractivity contribution in [1.29, 1.82) is 0 Å². The van der Waals surface area contributed by atoms with Gasteiger partial charge in [-0.15, -0.1) is 0 Å². The largest absolute Gasteiger partial charge is 0.337 e. The zero-order valence-electron chi connectivity index (χ0n) is 15.2. The van der Waals surface area contributed by atoms with Gasteiger partial charge in [-0.3, -0.25) is 14.9 Å². The fourth-order valence-corrected chi connectivity index (χ4v) is 4.51. The number of pyridine rings is 1. The number of carbonyl (C=O) groups excluding carboxylic acids is 1. The van der Waals surface area contributed by atoms with E-state index in [-0.39, 0.29) is 28.7 Å². The first kappa shape index (κ1) is 17.1. The van der Waals surface area contributed by atoms with Crippen molar-refractivity contribution >= 4 is 5.91 Å². The van der Waals surface area contributed by atoms with Gasteiger partial charge >= 0.3 is 0 Å². The van der Waals surface area contributed by atoms with Crippen molar-refractivity contribution in [3.8, 4) is 0 Å². The summed E-state index contributed by atoms with van der Waals surface area (Å²) in [5, 5.41) is 7.46. The summed E-state index contributed by atoms with van der Waals surface area (Å²) in [5.74, 6) is 1.22. The molecule has 7 heteroatoms. The van der Waals surface area contributed by atoms with E-state index in [2.05, 4.69) is 29.0 Å². The predicted octanol–water partition coefficient (Wildman–Crippen LogP) is 3.26. The second kappa shape index (κ2) is 6.45. The third kappa shape index (κ3) is 2.79. The van der Waals surface area contributed by atoms with Gasteiger partial charge in [-0.1, -0.05) is 26.7 Å². The summed E-state index contributed by atoms with van der Waals surface area (Å²) in [5.41, 5.74) is 0.113. The monoisotopic (exact) mass is 357 g/mol. The van der Waals surface area contributed by atoms with Crippen LogP contribution in [0.2, 0.25) is 0 Å². The summed E-state index contributed by atoms with van der Waals surface area (Å²) in [6, 6.07) is 1.46. The highest BCUT2D eigenvalue weighted by Crippen LogP contribution is 2.53. The van der Waals surface area contributed by atoms with Gasteiger partial charge in [0.1, 0.15) is 5.82 Å². The Balaban J connectivity index is 1.64. The van der Waals surface area contributed by atoms with Crippen LogP contribution in [0.4, 0.5) is 4.39 Å². The summed E-state index contributed by atoms with van der Waals surface area (Å²) in [4.78, 5) is 23.1. The highest BCUT2D eigenvalue weighted by Gasteiger charge is 2.51. The Kier molecular flexibility index (Phi) is 4.25. The molecule has 2 aromatic heterocycles. The van der Waals surface area contributed by atoms with E-state index in [4.69, 9.17) is 4.98 Å². The lowest BCUT2D eigenvalue weighted by atomic mass is 9.76. The fourth-order valence-electron chi connectivity index (χ4n) is 4.51. The molecule has 26 heavy (non-hydrogen) atoms. The zero-order valence-corrected chi connectivity index (χ0v) is 15.2. The Morgan fingerprint density at radius 2 is 2.15 bits per heavy atom. The molecule has 1 spiro atoms. The van der Waals surface area contributed by atoms with Crippen molar-refractivity contribution in [2.45, 2.75) is 51.4 Å². The number of nitrogens with one attached hydrogen (secondary N) is 1. The average Bonchev–Trinajstić information content (AvgIpc) is 3.35. The van der Waals surface area contributed by atoms with Crippen LogP contribution >= 0.6 is 0 Å². The maximum absolute atomic E-state index is 14.0. The standard InChI is InChI=1S/C19H24FN5O/c1-12(2)16-22-17(24-23-16)14-10-25(11-19(14)6-3-4-7-19)18(26)13-5-8-21-9-15(13)20/h5,8-9,12,14H,3-4,6-7,10-11H2,1-2H3,(H,22,23,24). The highest BCUT2D eigenvalue weighted by molar-refractivity contribution is 5.94. The first-order valence-corrected chi connectivity index (χ1v) is 9.31. The number of hydrogen-bond donors (Lipinski definition) is 1. The molecule has 1 saturated heterocycles. The van der Waals surface area contributed by atoms with Gasteiger partial charge in [0.2, 0.25) is 0 Å². The van der Waals surface area contributed by atoms with Crippen LogP contribution in [0.25, 0.3) is 0 Å². The number of H-pyrrole nitrogens is 1. The molecule has 0 aromatic carbocycles. The average molecular weight is 357 g/mol. The molecular weight excluding hydrogens is 333 g/mol. The molecule has 3 heterocycles. The molecule has 2 fully saturated rings. The predicted molar refractivity (Wildman–Crippen MR) is 94.2 cm³/mol. The lowest BCUT2D eigenvalue weighted by molar-refractivity contribution is 0.0768. The first-order valence-electron chi connectivity index (χ1n) is 9.31. The van der Waals surface area contributed by atoms with Gasteiger partial charge in [-0.25, -0.2) is 9.37 Å². The van der Waals surface area contributed by atoms with E-state index in [0.717, 1.165) is 43.5 Å². The Hall–Kier alpha value is -2.31. The second-order valence-electron chi connectivity index (χ2n) is 7.90. The molecule has 0 radical (unpaired) electrons. The zero-order chi connectivity index (χ0) is 18.3. The molecule has 1 N–H and O–H groups in total. The van der Waals surface area contributed by atoms with Crippen molar-refractivity contribution in [1.82, 2.24) is 25.1 Å². The number of carbonyl (C=O) groups is 1. The van der Waals surface area contributed by atoms with Crippen LogP contribution in [0.15, 0.2) is 18.5 Å². The number of likely N-dealkylation sites (tertiary alicyclic amines) is 1. The van der Waals surface area contributed by atoms with Crippen LogP contribution in [0.5, 0.6) is 0 Å². The fraction of sp³-hybridized carbons (Fsp3) is 0.579. The van der Waals surface area contributed by atoms with Crippen LogP contribution in [0, 0.1) is 11.2 Å². The van der Waals surface area contributed by atoms with E-state index >= 15 is 0 Å². The van der Waals surface area contributed by atoms with Crippen LogP contribution in [-0.4, -0.2) is 44.1 Å². The maximum atomic E-state index is 14.0. The summed E-state index contributed by atoms with van der Waals surface area (Å²) < 4.78 is 14.0. The summed E-state index contributed by atoms with van der Waals surface area (Å²) in [6.45, 7) is 5.33. The number of amides is 1. The molecule has 1 aliphatic carbocycles. The van der Waals surface area contributed by atoms with Crippen LogP contribution in [0.3, 0.4) is 0 Å². The third-order valence-electron chi connectivity index (χ3n) is 5.90. The minimum absolute atomic E-state index is 0.0208. The van der Waals surface area contributed by atoms with Crippen molar-refractivity contribution in [2.75, 3.05) is 13.1 Å². The van der Waals surface area contributed by atoms with Gasteiger partial charge in [-0.2, -0.15) is 5.10 Å². The van der Waals surface area contributed by atoms with Gasteiger partial charge in [0.05, 0.1) is 11.8 Å². The molecule has 1 atom stereocenters. The number of aromatic amines is 1. The minimum atomic E-state index is -0.566. The smallest absolute Gasteiger partial charge is 0.256 e. The second-order valence-corrected chi connectivity index (χ2v) is 7.90. The normalized spacial score (nSPS) is 21.8. The van der Waals surface area contributed by atoms with E-state index in [1.54, 1.807) is 4.90 Å². The van der Waals surface area contributed by atoms with E-state index in [0.29, 0.717) is 13.1 Å². The number of nitrogens with zero attached hydrogens (tertiary/aromatic N) is 4. The molecule has 4 rings (SSSR count). The first-order chi connectivity index (χ1) is 12.5. The van der Waals surface area contributed by atoms with E-state index in [9.17, 15) is 9.18 Å². The van der Waals surface area contributed by atoms with Crippen molar-refractivity contribution < 1.29 is 9.18 Å². The van der Waals surface area contributed by atoms with E-state index in [1.165, 1.54) is 12.3 Å². The molecule has 1 amide bonds. The topological polar surface area (TPSA) is 74.8 Å². The maximum Gasteiger partial charge on any atom is 0.256 e. The van der Waals surface area contributed by atoms with Gasteiger partial charge in [0, 0.05) is 31.1 Å². The Morgan fingerprint density at radius 1 is 1.38 bits per heavy atom. The quantitative estimate of drug-likeness (QED) is 0.915. The van der Waals surface area contributed by atoms with Crippen LogP contribution < -0.4 is 0 Å². The molecule has 0 bridgehead atoms. The molecule has 6 nitrogen and oxygen atoms in total. The van der Waals surface area contributed by atoms with Gasteiger partial charge < -0.3 is 4.90 Å². The molecule has 2 aromatic rings. The minimum Gasteiger partial charge on any atom is -0.337 e. The van der Waals surface area contributed by atoms with Gasteiger partial charge in [-0.05, 0) is 24.3 Å². The number of halogens is 1. The van der Waals surface area contributed by atoms with Crippen molar-refractivity contribution in [2.24, 2.45) is 5.41 Å². The van der Waals surface area contributed by atoms with Crippen molar-refractivity contribution in [3.63, 3.8) is 0 Å². The van der Waals surface area contributed by atoms with E-state index < -0.39 is 5.82 Å². The van der Waals surface area contributed by atoms with Crippen LogP contribution in [-0.2, 0) is 0 Å². The van der Waals surface area contributed by atoms with E-state index in [1.807, 2.05) is 0 Å². The Labute approximate surface area is 152 Å². The molecule has 1 unspecified atom stereocenters. The van der Waals surface area contributed by atoms with Gasteiger partial charge in [0.15, 0.2) is 11.6 Å². The SMILES string of the molecule is CC(C)c1n[nH]c(C2CN(C(=O)c3ccncc3F)CC23CCCC3)n1. The van der Waals surface area contributed by atoms with Crippen molar-refractivity contribution in [3.05, 3.63) is 41.5 Å². The Morgan fingerprint density at radius 3 is 2.81 bits per heavy atom. The van der Waals surface area contributed by atoms with Gasteiger partial charge in [0.25, 0.3) is 5.91 Å². The lowest BCUT2D eigenvalue weighted by Gasteiger charge is -2.28. The number of aromatic nitrogens is 4. The third-order valence-corrected chi connectivity index (χ3v) is 5.90. The highest BCUT2D eigenvalue weighted by atomic mass is 19.1. The molecule has 1 saturated carbocycles. The Bertz CT molecular complexity index is 812. The molecule has 138 valence electrons. The summed E-state index contributed by atoms with van der Waals surface area (Å²) in [7, 11) is 0. The number of hydrogen-bond acceptors (Lipinski definition) is 4.